The maximum atomic E-state index is 13.1. The van der Waals surface area contributed by atoms with Crippen LogP contribution in [0.1, 0.15) is 27.6 Å². The molecule has 1 amide bonds. The molecule has 0 spiro atoms. The molecule has 26 heavy (non-hydrogen) atoms. The summed E-state index contributed by atoms with van der Waals surface area (Å²) in [6, 6.07) is 20.4. The zero-order chi connectivity index (χ0) is 17.9. The summed E-state index contributed by atoms with van der Waals surface area (Å²) >= 11 is 1.53. The SMILES string of the molecule is COc1ccc(C2CCN(C(=O)c3sccc3-c3ccccc3)C2)cc1. The average molecular weight is 363 g/mol. The van der Waals surface area contributed by atoms with Crippen LogP contribution in [-0.2, 0) is 0 Å². The molecule has 0 bridgehead atoms. The number of hydrogen-bond acceptors (Lipinski definition) is 3. The van der Waals surface area contributed by atoms with Crippen molar-refractivity contribution in [3.8, 4) is 16.9 Å². The predicted octanol–water partition coefficient (Wildman–Crippen LogP) is 5.05. The Balaban J connectivity index is 1.51. The fourth-order valence-corrected chi connectivity index (χ4v) is 4.44. The van der Waals surface area contributed by atoms with Gasteiger partial charge in [0.05, 0.1) is 12.0 Å². The van der Waals surface area contributed by atoms with E-state index in [9.17, 15) is 4.79 Å². The van der Waals surface area contributed by atoms with Crippen LogP contribution in [0.25, 0.3) is 11.1 Å². The molecule has 2 aromatic carbocycles. The van der Waals surface area contributed by atoms with Crippen LogP contribution in [0.5, 0.6) is 5.75 Å². The molecule has 0 aliphatic carbocycles. The molecule has 1 unspecified atom stereocenters. The largest absolute Gasteiger partial charge is 0.497 e. The first kappa shape index (κ1) is 16.9. The number of likely N-dealkylation sites (tertiary alicyclic amines) is 1. The number of ether oxygens (including phenoxy) is 1. The molecule has 1 saturated heterocycles. The molecule has 1 aliphatic heterocycles. The molecular formula is C22H21NO2S. The van der Waals surface area contributed by atoms with Crippen LogP contribution < -0.4 is 4.74 Å². The van der Waals surface area contributed by atoms with Crippen molar-refractivity contribution in [2.24, 2.45) is 0 Å². The van der Waals surface area contributed by atoms with Crippen molar-refractivity contribution >= 4 is 17.2 Å². The molecule has 0 radical (unpaired) electrons. The molecule has 132 valence electrons. The van der Waals surface area contributed by atoms with E-state index in [2.05, 4.69) is 24.3 Å². The highest BCUT2D eigenvalue weighted by atomic mass is 32.1. The molecule has 3 nitrogen and oxygen atoms in total. The Morgan fingerprint density at radius 2 is 1.85 bits per heavy atom. The van der Waals surface area contributed by atoms with E-state index < -0.39 is 0 Å². The van der Waals surface area contributed by atoms with E-state index >= 15 is 0 Å². The van der Waals surface area contributed by atoms with Gasteiger partial charge in [0.15, 0.2) is 0 Å². The summed E-state index contributed by atoms with van der Waals surface area (Å²) in [4.78, 5) is 15.9. The number of carbonyl (C=O) groups excluding carboxylic acids is 1. The summed E-state index contributed by atoms with van der Waals surface area (Å²) in [5.74, 6) is 1.41. The van der Waals surface area contributed by atoms with Gasteiger partial charge in [-0.2, -0.15) is 0 Å². The smallest absolute Gasteiger partial charge is 0.264 e. The summed E-state index contributed by atoms with van der Waals surface area (Å²) in [6.45, 7) is 1.58. The molecule has 1 aromatic heterocycles. The van der Waals surface area contributed by atoms with Crippen molar-refractivity contribution < 1.29 is 9.53 Å². The Labute approximate surface area is 157 Å². The van der Waals surface area contributed by atoms with E-state index in [1.807, 2.05) is 46.7 Å². The second kappa shape index (κ2) is 7.34. The lowest BCUT2D eigenvalue weighted by Crippen LogP contribution is -2.28. The van der Waals surface area contributed by atoms with Gasteiger partial charge in [0.1, 0.15) is 5.75 Å². The minimum Gasteiger partial charge on any atom is -0.497 e. The zero-order valence-corrected chi connectivity index (χ0v) is 15.5. The fourth-order valence-electron chi connectivity index (χ4n) is 3.56. The molecule has 3 aromatic rings. The third kappa shape index (κ3) is 3.25. The van der Waals surface area contributed by atoms with Crippen LogP contribution in [-0.4, -0.2) is 31.0 Å². The Kier molecular flexibility index (Phi) is 4.76. The standard InChI is InChI=1S/C22H21NO2S/c1-25-19-9-7-16(8-10-19)18-11-13-23(15-18)22(24)21-20(12-14-26-21)17-5-3-2-4-6-17/h2-10,12,14,18H,11,13,15H2,1H3. The monoisotopic (exact) mass is 363 g/mol. The van der Waals surface area contributed by atoms with Crippen LogP contribution in [0.2, 0.25) is 0 Å². The molecule has 0 N–H and O–H groups in total. The van der Waals surface area contributed by atoms with E-state index in [1.54, 1.807) is 7.11 Å². The Morgan fingerprint density at radius 3 is 2.58 bits per heavy atom. The lowest BCUT2D eigenvalue weighted by atomic mass is 9.98. The molecule has 4 heteroatoms. The van der Waals surface area contributed by atoms with Gasteiger partial charge < -0.3 is 9.64 Å². The van der Waals surface area contributed by atoms with Crippen molar-refractivity contribution in [2.75, 3.05) is 20.2 Å². The van der Waals surface area contributed by atoms with Crippen molar-refractivity contribution in [1.29, 1.82) is 0 Å². The number of benzene rings is 2. The molecule has 2 heterocycles. The average Bonchev–Trinajstić information content (AvgIpc) is 3.38. The first-order chi connectivity index (χ1) is 12.8. The van der Waals surface area contributed by atoms with Crippen LogP contribution in [0.15, 0.2) is 66.0 Å². The summed E-state index contributed by atoms with van der Waals surface area (Å²) < 4.78 is 5.23. The van der Waals surface area contributed by atoms with E-state index in [4.69, 9.17) is 4.74 Å². The quantitative estimate of drug-likeness (QED) is 0.649. The number of rotatable bonds is 4. The molecular weight excluding hydrogens is 342 g/mol. The number of amides is 1. The number of methoxy groups -OCH3 is 1. The Bertz CT molecular complexity index is 886. The Hall–Kier alpha value is -2.59. The first-order valence-electron chi connectivity index (χ1n) is 8.82. The van der Waals surface area contributed by atoms with Crippen molar-refractivity contribution in [1.82, 2.24) is 4.90 Å². The summed E-state index contributed by atoms with van der Waals surface area (Å²) in [5.41, 5.74) is 3.41. The third-order valence-corrected chi connectivity index (χ3v) is 5.91. The molecule has 4 rings (SSSR count). The van der Waals surface area contributed by atoms with E-state index in [0.29, 0.717) is 5.92 Å². The second-order valence-electron chi connectivity index (χ2n) is 6.54. The topological polar surface area (TPSA) is 29.5 Å². The zero-order valence-electron chi connectivity index (χ0n) is 14.7. The van der Waals surface area contributed by atoms with Gasteiger partial charge in [-0.15, -0.1) is 11.3 Å². The maximum Gasteiger partial charge on any atom is 0.264 e. The van der Waals surface area contributed by atoms with Gasteiger partial charge in [-0.1, -0.05) is 42.5 Å². The van der Waals surface area contributed by atoms with Gasteiger partial charge in [-0.3, -0.25) is 4.79 Å². The van der Waals surface area contributed by atoms with Crippen LogP contribution >= 0.6 is 11.3 Å². The highest BCUT2D eigenvalue weighted by Crippen LogP contribution is 2.33. The van der Waals surface area contributed by atoms with Crippen LogP contribution in [0.3, 0.4) is 0 Å². The lowest BCUT2D eigenvalue weighted by Gasteiger charge is -2.17. The third-order valence-electron chi connectivity index (χ3n) is 5.01. The minimum absolute atomic E-state index is 0.148. The highest BCUT2D eigenvalue weighted by Gasteiger charge is 2.29. The van der Waals surface area contributed by atoms with E-state index in [0.717, 1.165) is 41.3 Å². The normalized spacial score (nSPS) is 16.7. The molecule has 1 fully saturated rings. The summed E-state index contributed by atoms with van der Waals surface area (Å²) in [7, 11) is 1.68. The summed E-state index contributed by atoms with van der Waals surface area (Å²) in [6.07, 6.45) is 1.00. The number of carbonyl (C=O) groups is 1. The lowest BCUT2D eigenvalue weighted by molar-refractivity contribution is 0.0796. The van der Waals surface area contributed by atoms with Gasteiger partial charge >= 0.3 is 0 Å². The van der Waals surface area contributed by atoms with Crippen molar-refractivity contribution in [3.63, 3.8) is 0 Å². The van der Waals surface area contributed by atoms with E-state index in [1.165, 1.54) is 16.9 Å². The maximum absolute atomic E-state index is 13.1. The van der Waals surface area contributed by atoms with Gasteiger partial charge in [0, 0.05) is 24.6 Å². The first-order valence-corrected chi connectivity index (χ1v) is 9.70. The predicted molar refractivity (Wildman–Crippen MR) is 106 cm³/mol. The van der Waals surface area contributed by atoms with Gasteiger partial charge in [0.25, 0.3) is 5.91 Å². The number of hydrogen-bond donors (Lipinski definition) is 0. The van der Waals surface area contributed by atoms with E-state index in [-0.39, 0.29) is 5.91 Å². The van der Waals surface area contributed by atoms with Crippen molar-refractivity contribution in [2.45, 2.75) is 12.3 Å². The fraction of sp³-hybridized carbons (Fsp3) is 0.227. The van der Waals surface area contributed by atoms with Gasteiger partial charge in [-0.05, 0) is 41.1 Å². The van der Waals surface area contributed by atoms with Gasteiger partial charge in [-0.25, -0.2) is 0 Å². The molecule has 1 atom stereocenters. The summed E-state index contributed by atoms with van der Waals surface area (Å²) in [5, 5.41) is 2.01. The van der Waals surface area contributed by atoms with Crippen molar-refractivity contribution in [3.05, 3.63) is 76.5 Å². The highest BCUT2D eigenvalue weighted by molar-refractivity contribution is 7.12. The van der Waals surface area contributed by atoms with Gasteiger partial charge in [0.2, 0.25) is 0 Å². The second-order valence-corrected chi connectivity index (χ2v) is 7.46. The minimum atomic E-state index is 0.148. The van der Waals surface area contributed by atoms with Crippen LogP contribution in [0, 0.1) is 0 Å². The van der Waals surface area contributed by atoms with Crippen LogP contribution in [0.4, 0.5) is 0 Å². The molecule has 1 aliphatic rings. The number of nitrogens with zero attached hydrogens (tertiary/aromatic N) is 1. The Morgan fingerprint density at radius 1 is 1.08 bits per heavy atom. The number of thiophene rings is 1. The molecule has 0 saturated carbocycles.